The molecule has 7 heteroatoms. The van der Waals surface area contributed by atoms with Gasteiger partial charge < -0.3 is 14.4 Å². The number of methoxy groups -OCH3 is 2. The smallest absolute Gasteiger partial charge is 0.161 e. The molecule has 2 heterocycles. The predicted molar refractivity (Wildman–Crippen MR) is 95.4 cm³/mol. The molecule has 3 aromatic rings. The van der Waals surface area contributed by atoms with Crippen molar-refractivity contribution < 1.29 is 9.47 Å². The first-order chi connectivity index (χ1) is 12.2. The highest BCUT2D eigenvalue weighted by molar-refractivity contribution is 5.47. The first-order valence-corrected chi connectivity index (χ1v) is 8.01. The molecule has 0 aliphatic carbocycles. The summed E-state index contributed by atoms with van der Waals surface area (Å²) in [7, 11) is 3.27. The van der Waals surface area contributed by atoms with Gasteiger partial charge in [0, 0.05) is 31.5 Å². The van der Waals surface area contributed by atoms with Gasteiger partial charge >= 0.3 is 0 Å². The van der Waals surface area contributed by atoms with E-state index < -0.39 is 0 Å². The Balaban J connectivity index is 1.85. The molecule has 0 aliphatic heterocycles. The van der Waals surface area contributed by atoms with Crippen molar-refractivity contribution in [2.75, 3.05) is 25.7 Å². The van der Waals surface area contributed by atoms with E-state index in [1.165, 1.54) is 0 Å². The van der Waals surface area contributed by atoms with Crippen LogP contribution in [0.5, 0.6) is 11.5 Å². The third-order valence-corrected chi connectivity index (χ3v) is 3.93. The average molecular weight is 339 g/mol. The van der Waals surface area contributed by atoms with Gasteiger partial charge in [-0.05, 0) is 24.6 Å². The van der Waals surface area contributed by atoms with Gasteiger partial charge in [0.15, 0.2) is 11.5 Å². The molecule has 0 spiro atoms. The minimum atomic E-state index is 0.706. The Morgan fingerprint density at radius 2 is 1.92 bits per heavy atom. The molecule has 7 nitrogen and oxygen atoms in total. The van der Waals surface area contributed by atoms with E-state index >= 15 is 0 Å². The Hall–Kier alpha value is -3.09. The Kier molecular flexibility index (Phi) is 5.13. The molecule has 0 saturated heterocycles. The Morgan fingerprint density at radius 3 is 2.60 bits per heavy atom. The minimum Gasteiger partial charge on any atom is -0.493 e. The molecular weight excluding hydrogens is 318 g/mol. The summed E-state index contributed by atoms with van der Waals surface area (Å²) in [5, 5.41) is 0. The zero-order valence-electron chi connectivity index (χ0n) is 14.6. The lowest BCUT2D eigenvalue weighted by Crippen LogP contribution is -2.23. The van der Waals surface area contributed by atoms with E-state index in [0.29, 0.717) is 6.54 Å². The van der Waals surface area contributed by atoms with Crippen LogP contribution in [-0.2, 0) is 6.54 Å². The van der Waals surface area contributed by atoms with E-state index in [4.69, 9.17) is 9.47 Å². The zero-order chi connectivity index (χ0) is 17.6. The van der Waals surface area contributed by atoms with Gasteiger partial charge in [-0.2, -0.15) is 0 Å². The minimum absolute atomic E-state index is 0.706. The number of hydrogen-bond acceptors (Lipinski definition) is 6. The standard InChI is InChI=1S/C18H21N5O2/c1-4-22(11-14-5-6-15(24-2)16(9-14)25-3)17-10-18(21-12-20-17)23-8-7-19-13-23/h5-10,12-13H,4,11H2,1-3H3. The number of hydrogen-bond donors (Lipinski definition) is 0. The summed E-state index contributed by atoms with van der Waals surface area (Å²) < 4.78 is 12.5. The fourth-order valence-electron chi connectivity index (χ4n) is 2.60. The Morgan fingerprint density at radius 1 is 1.08 bits per heavy atom. The molecule has 3 rings (SSSR count). The summed E-state index contributed by atoms with van der Waals surface area (Å²) >= 11 is 0. The lowest BCUT2D eigenvalue weighted by molar-refractivity contribution is 0.354. The second kappa shape index (κ2) is 7.65. The molecule has 2 aromatic heterocycles. The summed E-state index contributed by atoms with van der Waals surface area (Å²) in [6, 6.07) is 7.88. The maximum Gasteiger partial charge on any atom is 0.161 e. The molecule has 0 bridgehead atoms. The van der Waals surface area contributed by atoms with Crippen molar-refractivity contribution in [2.24, 2.45) is 0 Å². The van der Waals surface area contributed by atoms with Gasteiger partial charge in [0.05, 0.1) is 14.2 Å². The summed E-state index contributed by atoms with van der Waals surface area (Å²) in [4.78, 5) is 15.0. The van der Waals surface area contributed by atoms with Crippen LogP contribution in [0.2, 0.25) is 0 Å². The molecule has 0 atom stereocenters. The van der Waals surface area contributed by atoms with Crippen LogP contribution in [-0.4, -0.2) is 40.3 Å². The van der Waals surface area contributed by atoms with Crippen molar-refractivity contribution in [3.05, 3.63) is 54.9 Å². The van der Waals surface area contributed by atoms with Crippen LogP contribution in [0.15, 0.2) is 49.3 Å². The van der Waals surface area contributed by atoms with Crippen molar-refractivity contribution in [1.82, 2.24) is 19.5 Å². The first-order valence-electron chi connectivity index (χ1n) is 8.01. The number of nitrogens with zero attached hydrogens (tertiary/aromatic N) is 5. The Labute approximate surface area is 146 Å². The van der Waals surface area contributed by atoms with Gasteiger partial charge in [-0.25, -0.2) is 15.0 Å². The van der Waals surface area contributed by atoms with Crippen LogP contribution in [0.3, 0.4) is 0 Å². The van der Waals surface area contributed by atoms with E-state index in [2.05, 4.69) is 26.8 Å². The lowest BCUT2D eigenvalue weighted by Gasteiger charge is -2.22. The number of ether oxygens (including phenoxy) is 2. The van der Waals surface area contributed by atoms with E-state index in [-0.39, 0.29) is 0 Å². The molecular formula is C18H21N5O2. The molecule has 0 unspecified atom stereocenters. The molecule has 130 valence electrons. The number of aromatic nitrogens is 4. The molecule has 0 radical (unpaired) electrons. The average Bonchev–Trinajstić information content (AvgIpc) is 3.20. The van der Waals surface area contributed by atoms with Crippen molar-refractivity contribution in [3.63, 3.8) is 0 Å². The van der Waals surface area contributed by atoms with Crippen LogP contribution in [0, 0.1) is 0 Å². The maximum atomic E-state index is 5.39. The van der Waals surface area contributed by atoms with E-state index in [0.717, 1.165) is 35.2 Å². The Bertz CT molecular complexity index is 820. The third-order valence-electron chi connectivity index (χ3n) is 3.93. The van der Waals surface area contributed by atoms with Crippen molar-refractivity contribution in [1.29, 1.82) is 0 Å². The summed E-state index contributed by atoms with van der Waals surface area (Å²) in [6.07, 6.45) is 6.87. The van der Waals surface area contributed by atoms with Crippen LogP contribution in [0.4, 0.5) is 5.82 Å². The highest BCUT2D eigenvalue weighted by atomic mass is 16.5. The number of imidazole rings is 1. The highest BCUT2D eigenvalue weighted by Gasteiger charge is 2.11. The van der Waals surface area contributed by atoms with Crippen molar-refractivity contribution in [2.45, 2.75) is 13.5 Å². The number of rotatable bonds is 7. The molecule has 0 aliphatic rings. The first kappa shape index (κ1) is 16.8. The van der Waals surface area contributed by atoms with E-state index in [1.807, 2.05) is 35.0 Å². The van der Waals surface area contributed by atoms with Crippen molar-refractivity contribution in [3.8, 4) is 17.3 Å². The zero-order valence-corrected chi connectivity index (χ0v) is 14.6. The van der Waals surface area contributed by atoms with Crippen LogP contribution in [0.1, 0.15) is 12.5 Å². The highest BCUT2D eigenvalue weighted by Crippen LogP contribution is 2.28. The van der Waals surface area contributed by atoms with Gasteiger partial charge in [-0.15, -0.1) is 0 Å². The largest absolute Gasteiger partial charge is 0.493 e. The molecule has 0 fully saturated rings. The lowest BCUT2D eigenvalue weighted by atomic mass is 10.2. The monoisotopic (exact) mass is 339 g/mol. The topological polar surface area (TPSA) is 65.3 Å². The van der Waals surface area contributed by atoms with Gasteiger partial charge in [-0.1, -0.05) is 6.07 Å². The van der Waals surface area contributed by atoms with Gasteiger partial charge in [0.1, 0.15) is 24.3 Å². The number of anilines is 1. The number of benzene rings is 1. The van der Waals surface area contributed by atoms with Crippen LogP contribution in [0.25, 0.3) is 5.82 Å². The molecule has 0 saturated carbocycles. The third kappa shape index (κ3) is 3.71. The molecule has 0 amide bonds. The fourth-order valence-corrected chi connectivity index (χ4v) is 2.60. The predicted octanol–water partition coefficient (Wildman–Crippen LogP) is 2.71. The van der Waals surface area contributed by atoms with Crippen LogP contribution < -0.4 is 14.4 Å². The second-order valence-corrected chi connectivity index (χ2v) is 5.41. The van der Waals surface area contributed by atoms with E-state index in [9.17, 15) is 0 Å². The molecule has 25 heavy (non-hydrogen) atoms. The maximum absolute atomic E-state index is 5.39. The summed E-state index contributed by atoms with van der Waals surface area (Å²) in [5.41, 5.74) is 1.11. The van der Waals surface area contributed by atoms with Gasteiger partial charge in [0.25, 0.3) is 0 Å². The normalized spacial score (nSPS) is 10.5. The second-order valence-electron chi connectivity index (χ2n) is 5.41. The molecule has 1 aromatic carbocycles. The van der Waals surface area contributed by atoms with Crippen molar-refractivity contribution >= 4 is 5.82 Å². The SMILES string of the molecule is CCN(Cc1ccc(OC)c(OC)c1)c1cc(-n2ccnc2)ncn1. The van der Waals surface area contributed by atoms with Crippen LogP contribution >= 0.6 is 0 Å². The van der Waals surface area contributed by atoms with Gasteiger partial charge in [0.2, 0.25) is 0 Å². The fraction of sp³-hybridized carbons (Fsp3) is 0.278. The summed E-state index contributed by atoms with van der Waals surface area (Å²) in [5.74, 6) is 3.08. The molecule has 0 N–H and O–H groups in total. The van der Waals surface area contributed by atoms with E-state index in [1.54, 1.807) is 33.1 Å². The quantitative estimate of drug-likeness (QED) is 0.659. The van der Waals surface area contributed by atoms with Gasteiger partial charge in [-0.3, -0.25) is 4.57 Å². The summed E-state index contributed by atoms with van der Waals surface area (Å²) in [6.45, 7) is 3.62.